The standard InChI is InChI=1S/C13H15BrO/c14-12-7-10(9-3-4-9)6-11(8-12)13-2-1-5-15-13/h6-9,13H,1-5H2. The number of rotatable bonds is 2. The first kappa shape index (κ1) is 9.86. The van der Waals surface area contributed by atoms with Crippen LogP contribution in [0.15, 0.2) is 22.7 Å². The van der Waals surface area contributed by atoms with E-state index in [0.29, 0.717) is 6.10 Å². The van der Waals surface area contributed by atoms with Gasteiger partial charge in [-0.2, -0.15) is 0 Å². The maximum atomic E-state index is 5.73. The number of ether oxygens (including phenoxy) is 1. The minimum atomic E-state index is 0.347. The van der Waals surface area contributed by atoms with Crippen LogP contribution in [0.5, 0.6) is 0 Å². The predicted octanol–water partition coefficient (Wildman–Crippen LogP) is 4.18. The zero-order chi connectivity index (χ0) is 10.3. The molecule has 1 aliphatic carbocycles. The van der Waals surface area contributed by atoms with E-state index in [9.17, 15) is 0 Å². The van der Waals surface area contributed by atoms with Crippen molar-refractivity contribution in [3.05, 3.63) is 33.8 Å². The van der Waals surface area contributed by atoms with Gasteiger partial charge in [0.2, 0.25) is 0 Å². The zero-order valence-corrected chi connectivity index (χ0v) is 10.3. The fourth-order valence-corrected chi connectivity index (χ4v) is 2.84. The Morgan fingerprint density at radius 3 is 2.53 bits per heavy atom. The summed E-state index contributed by atoms with van der Waals surface area (Å²) in [6, 6.07) is 6.82. The highest BCUT2D eigenvalue weighted by Crippen LogP contribution is 2.42. The molecule has 2 fully saturated rings. The molecule has 15 heavy (non-hydrogen) atoms. The molecule has 2 aliphatic rings. The van der Waals surface area contributed by atoms with Crippen LogP contribution < -0.4 is 0 Å². The Morgan fingerprint density at radius 2 is 1.87 bits per heavy atom. The van der Waals surface area contributed by atoms with Gasteiger partial charge in [-0.05, 0) is 54.9 Å². The smallest absolute Gasteiger partial charge is 0.0826 e. The van der Waals surface area contributed by atoms with E-state index in [2.05, 4.69) is 34.1 Å². The van der Waals surface area contributed by atoms with Crippen LogP contribution >= 0.6 is 15.9 Å². The van der Waals surface area contributed by atoms with Gasteiger partial charge in [-0.3, -0.25) is 0 Å². The van der Waals surface area contributed by atoms with E-state index in [1.165, 1.54) is 41.3 Å². The quantitative estimate of drug-likeness (QED) is 0.781. The third-order valence-electron chi connectivity index (χ3n) is 3.29. The molecule has 1 atom stereocenters. The minimum Gasteiger partial charge on any atom is -0.374 e. The highest BCUT2D eigenvalue weighted by atomic mass is 79.9. The molecule has 1 heterocycles. The molecule has 1 nitrogen and oxygen atoms in total. The van der Waals surface area contributed by atoms with Crippen molar-refractivity contribution < 1.29 is 4.74 Å². The van der Waals surface area contributed by atoms with E-state index < -0.39 is 0 Å². The van der Waals surface area contributed by atoms with E-state index in [-0.39, 0.29) is 0 Å². The number of benzene rings is 1. The normalized spacial score (nSPS) is 25.8. The summed E-state index contributed by atoms with van der Waals surface area (Å²) in [4.78, 5) is 0. The Kier molecular flexibility index (Phi) is 2.57. The van der Waals surface area contributed by atoms with Crippen molar-refractivity contribution in [1.82, 2.24) is 0 Å². The lowest BCUT2D eigenvalue weighted by Gasteiger charge is -2.12. The summed E-state index contributed by atoms with van der Waals surface area (Å²) in [7, 11) is 0. The first-order chi connectivity index (χ1) is 7.33. The molecule has 1 unspecified atom stereocenters. The predicted molar refractivity (Wildman–Crippen MR) is 64.0 cm³/mol. The van der Waals surface area contributed by atoms with Crippen molar-refractivity contribution in [2.24, 2.45) is 0 Å². The minimum absolute atomic E-state index is 0.347. The lowest BCUT2D eigenvalue weighted by atomic mass is 10.0. The molecule has 1 aromatic carbocycles. The average Bonchev–Trinajstić information content (AvgIpc) is 2.93. The Hall–Kier alpha value is -0.340. The highest BCUT2D eigenvalue weighted by Gasteiger charge is 2.26. The van der Waals surface area contributed by atoms with E-state index in [4.69, 9.17) is 4.74 Å². The highest BCUT2D eigenvalue weighted by molar-refractivity contribution is 9.10. The summed E-state index contributed by atoms with van der Waals surface area (Å²) in [5.74, 6) is 0.822. The van der Waals surface area contributed by atoms with Crippen LogP contribution in [0.2, 0.25) is 0 Å². The Labute approximate surface area is 99.0 Å². The lowest BCUT2D eigenvalue weighted by molar-refractivity contribution is 0.112. The zero-order valence-electron chi connectivity index (χ0n) is 8.71. The average molecular weight is 267 g/mol. The molecular weight excluding hydrogens is 252 g/mol. The van der Waals surface area contributed by atoms with Crippen molar-refractivity contribution in [2.45, 2.75) is 37.7 Å². The second-order valence-corrected chi connectivity index (χ2v) is 5.51. The maximum absolute atomic E-state index is 5.73. The fraction of sp³-hybridized carbons (Fsp3) is 0.538. The van der Waals surface area contributed by atoms with Crippen LogP contribution in [-0.2, 0) is 4.74 Å². The molecule has 0 radical (unpaired) electrons. The summed E-state index contributed by atoms with van der Waals surface area (Å²) in [6.45, 7) is 0.927. The molecule has 80 valence electrons. The number of halogens is 1. The van der Waals surface area contributed by atoms with Crippen molar-refractivity contribution in [2.75, 3.05) is 6.61 Å². The van der Waals surface area contributed by atoms with Crippen molar-refractivity contribution in [3.8, 4) is 0 Å². The Morgan fingerprint density at radius 1 is 1.07 bits per heavy atom. The molecule has 1 aromatic rings. The fourth-order valence-electron chi connectivity index (χ4n) is 2.31. The molecular formula is C13H15BrO. The summed E-state index contributed by atoms with van der Waals surface area (Å²) in [5.41, 5.74) is 2.86. The van der Waals surface area contributed by atoms with Gasteiger partial charge >= 0.3 is 0 Å². The molecule has 0 bridgehead atoms. The van der Waals surface area contributed by atoms with Crippen LogP contribution in [0.25, 0.3) is 0 Å². The van der Waals surface area contributed by atoms with E-state index in [1.807, 2.05) is 0 Å². The molecule has 3 rings (SSSR count). The second-order valence-electron chi connectivity index (χ2n) is 4.59. The second kappa shape index (κ2) is 3.91. The number of hydrogen-bond donors (Lipinski definition) is 0. The van der Waals surface area contributed by atoms with E-state index in [0.717, 1.165) is 12.5 Å². The van der Waals surface area contributed by atoms with Gasteiger partial charge in [0.25, 0.3) is 0 Å². The van der Waals surface area contributed by atoms with Crippen LogP contribution in [0.1, 0.15) is 48.8 Å². The summed E-state index contributed by atoms with van der Waals surface area (Å²) in [5, 5.41) is 0. The lowest BCUT2D eigenvalue weighted by Crippen LogP contribution is -1.97. The molecule has 0 N–H and O–H groups in total. The summed E-state index contributed by atoms with van der Waals surface area (Å²) < 4.78 is 6.93. The SMILES string of the molecule is Brc1cc(C2CC2)cc(C2CCCO2)c1. The summed E-state index contributed by atoms with van der Waals surface area (Å²) in [6.07, 6.45) is 5.46. The van der Waals surface area contributed by atoms with Crippen LogP contribution in [0, 0.1) is 0 Å². The molecule has 0 amide bonds. The molecule has 0 aromatic heterocycles. The van der Waals surface area contributed by atoms with Gasteiger partial charge in [0, 0.05) is 11.1 Å². The van der Waals surface area contributed by atoms with Crippen molar-refractivity contribution in [3.63, 3.8) is 0 Å². The first-order valence-electron chi connectivity index (χ1n) is 5.75. The van der Waals surface area contributed by atoms with E-state index >= 15 is 0 Å². The van der Waals surface area contributed by atoms with Gasteiger partial charge in [0.15, 0.2) is 0 Å². The van der Waals surface area contributed by atoms with Crippen LogP contribution in [-0.4, -0.2) is 6.61 Å². The third kappa shape index (κ3) is 2.11. The first-order valence-corrected chi connectivity index (χ1v) is 6.54. The van der Waals surface area contributed by atoms with Gasteiger partial charge in [-0.1, -0.05) is 22.0 Å². The Balaban J connectivity index is 1.91. The summed E-state index contributed by atoms with van der Waals surface area (Å²) >= 11 is 3.60. The van der Waals surface area contributed by atoms with Gasteiger partial charge < -0.3 is 4.74 Å². The van der Waals surface area contributed by atoms with Crippen LogP contribution in [0.3, 0.4) is 0 Å². The number of hydrogen-bond acceptors (Lipinski definition) is 1. The Bertz CT molecular complexity index is 365. The van der Waals surface area contributed by atoms with Gasteiger partial charge in [0.05, 0.1) is 6.10 Å². The maximum Gasteiger partial charge on any atom is 0.0826 e. The van der Waals surface area contributed by atoms with Crippen molar-refractivity contribution in [1.29, 1.82) is 0 Å². The molecule has 2 heteroatoms. The van der Waals surface area contributed by atoms with E-state index in [1.54, 1.807) is 0 Å². The monoisotopic (exact) mass is 266 g/mol. The topological polar surface area (TPSA) is 9.23 Å². The molecule has 1 saturated heterocycles. The molecule has 1 aliphatic heterocycles. The molecule has 0 spiro atoms. The van der Waals surface area contributed by atoms with Crippen LogP contribution in [0.4, 0.5) is 0 Å². The largest absolute Gasteiger partial charge is 0.374 e. The van der Waals surface area contributed by atoms with Gasteiger partial charge in [0.1, 0.15) is 0 Å². The van der Waals surface area contributed by atoms with Crippen molar-refractivity contribution >= 4 is 15.9 Å². The third-order valence-corrected chi connectivity index (χ3v) is 3.75. The molecule has 1 saturated carbocycles. The van der Waals surface area contributed by atoms with Gasteiger partial charge in [-0.15, -0.1) is 0 Å². The van der Waals surface area contributed by atoms with Gasteiger partial charge in [-0.25, -0.2) is 0 Å².